The van der Waals surface area contributed by atoms with Crippen LogP contribution in [0.15, 0.2) is 47.5 Å². The van der Waals surface area contributed by atoms with Gasteiger partial charge in [-0.25, -0.2) is 14.2 Å². The number of halogens is 1. The molecule has 0 radical (unpaired) electrons. The van der Waals surface area contributed by atoms with Crippen molar-refractivity contribution in [2.45, 2.75) is 13.5 Å². The lowest BCUT2D eigenvalue weighted by atomic mass is 10.0. The Morgan fingerprint density at radius 2 is 1.77 bits per heavy atom. The van der Waals surface area contributed by atoms with Gasteiger partial charge in [-0.3, -0.25) is 9.13 Å². The van der Waals surface area contributed by atoms with Gasteiger partial charge in [0.1, 0.15) is 5.82 Å². The molecule has 0 spiro atoms. The molecule has 0 aliphatic rings. The number of nitrogens with zero attached hydrogens (tertiary/aromatic N) is 5. The summed E-state index contributed by atoms with van der Waals surface area (Å²) < 4.78 is 20.1. The lowest BCUT2D eigenvalue weighted by Crippen LogP contribution is -2.19. The molecule has 2 aromatic heterocycles. The highest BCUT2D eigenvalue weighted by molar-refractivity contribution is 5.86. The Balaban J connectivity index is 1.96. The number of likely N-dealkylation sites (N-methyl/N-ethyl adjacent to an activating group) is 1. The van der Waals surface area contributed by atoms with Crippen molar-refractivity contribution in [1.29, 1.82) is 0 Å². The number of benzene rings is 2. The number of aromatic nitrogens is 4. The van der Waals surface area contributed by atoms with Crippen LogP contribution < -0.4 is 5.69 Å². The maximum atomic E-state index is 14.7. The number of hydrogen-bond acceptors (Lipinski definition) is 3. The van der Waals surface area contributed by atoms with E-state index in [0.717, 1.165) is 34.4 Å². The van der Waals surface area contributed by atoms with Gasteiger partial charge in [0.2, 0.25) is 0 Å². The van der Waals surface area contributed by atoms with Crippen LogP contribution >= 0.6 is 0 Å². The number of hydrogen-bond donors (Lipinski definition) is 0. The van der Waals surface area contributed by atoms with Gasteiger partial charge in [-0.2, -0.15) is 0 Å². The van der Waals surface area contributed by atoms with E-state index in [-0.39, 0.29) is 11.5 Å². The molecule has 0 saturated heterocycles. The van der Waals surface area contributed by atoms with E-state index in [4.69, 9.17) is 0 Å². The average molecular weight is 407 g/mol. The van der Waals surface area contributed by atoms with Gasteiger partial charge in [-0.05, 0) is 45.3 Å². The third-order valence-electron chi connectivity index (χ3n) is 5.55. The Hall–Kier alpha value is -3.19. The number of rotatable bonds is 5. The first kappa shape index (κ1) is 20.1. The maximum absolute atomic E-state index is 14.7. The molecule has 0 atom stereocenters. The molecule has 156 valence electrons. The summed E-state index contributed by atoms with van der Waals surface area (Å²) in [6.07, 6.45) is 1.77. The van der Waals surface area contributed by atoms with E-state index in [1.165, 1.54) is 6.07 Å². The fourth-order valence-electron chi connectivity index (χ4n) is 3.83. The minimum atomic E-state index is -0.298. The van der Waals surface area contributed by atoms with Crippen molar-refractivity contribution < 1.29 is 4.39 Å². The highest BCUT2D eigenvalue weighted by Crippen LogP contribution is 2.34. The van der Waals surface area contributed by atoms with Crippen molar-refractivity contribution in [3.8, 4) is 22.5 Å². The minimum Gasteiger partial charge on any atom is -0.329 e. The topological polar surface area (TPSA) is 48.0 Å². The van der Waals surface area contributed by atoms with Gasteiger partial charge in [0.05, 0.1) is 28.7 Å². The van der Waals surface area contributed by atoms with Crippen molar-refractivity contribution in [2.24, 2.45) is 14.1 Å². The van der Waals surface area contributed by atoms with Gasteiger partial charge in [0, 0.05) is 38.3 Å². The third-order valence-corrected chi connectivity index (χ3v) is 5.55. The lowest BCUT2D eigenvalue weighted by Gasteiger charge is -2.14. The molecule has 0 amide bonds. The number of aryl methyl sites for hydroxylation is 3. The lowest BCUT2D eigenvalue weighted by molar-refractivity contribution is 0.385. The van der Waals surface area contributed by atoms with Gasteiger partial charge < -0.3 is 9.47 Å². The van der Waals surface area contributed by atoms with E-state index in [1.807, 2.05) is 45.3 Å². The highest BCUT2D eigenvalue weighted by atomic mass is 19.1. The maximum Gasteiger partial charge on any atom is 0.328 e. The van der Waals surface area contributed by atoms with E-state index in [0.29, 0.717) is 17.8 Å². The molecule has 0 aliphatic heterocycles. The van der Waals surface area contributed by atoms with E-state index < -0.39 is 0 Å². The average Bonchev–Trinajstić information content (AvgIpc) is 3.23. The first-order chi connectivity index (χ1) is 14.3. The van der Waals surface area contributed by atoms with Crippen LogP contribution in [0.25, 0.3) is 33.5 Å². The third kappa shape index (κ3) is 3.35. The van der Waals surface area contributed by atoms with Gasteiger partial charge >= 0.3 is 5.69 Å². The first-order valence-electron chi connectivity index (χ1n) is 9.90. The Bertz CT molecular complexity index is 1300. The molecule has 0 bridgehead atoms. The van der Waals surface area contributed by atoms with E-state index in [2.05, 4.69) is 14.5 Å². The summed E-state index contributed by atoms with van der Waals surface area (Å²) in [5, 5.41) is 0. The molecule has 0 fully saturated rings. The van der Waals surface area contributed by atoms with Crippen LogP contribution in [0.4, 0.5) is 4.39 Å². The first-order valence-corrected chi connectivity index (χ1v) is 9.90. The van der Waals surface area contributed by atoms with E-state index in [1.54, 1.807) is 35.6 Å². The Labute approximate surface area is 174 Å². The summed E-state index contributed by atoms with van der Waals surface area (Å²) in [6, 6.07) is 11.0. The summed E-state index contributed by atoms with van der Waals surface area (Å²) in [7, 11) is 7.56. The molecule has 30 heavy (non-hydrogen) atoms. The zero-order chi connectivity index (χ0) is 21.6. The number of fused-ring (bicyclic) bond motifs is 1. The Morgan fingerprint density at radius 3 is 2.50 bits per heavy atom. The molecule has 7 heteroatoms. The molecule has 4 rings (SSSR count). The summed E-state index contributed by atoms with van der Waals surface area (Å²) in [5.74, 6) is -0.298. The predicted octanol–water partition coefficient (Wildman–Crippen LogP) is 3.42. The second kappa shape index (κ2) is 7.57. The standard InChI is InChI=1S/C23H26FN5O/c1-15-6-8-18(24)17(12-15)21-22(29(14-25-21)11-10-26(2)3)16-7-9-19-20(13-16)28(5)23(30)27(19)4/h6-9,12-14H,10-11H2,1-5H3. The van der Waals surface area contributed by atoms with Crippen molar-refractivity contribution >= 4 is 11.0 Å². The monoisotopic (exact) mass is 407 g/mol. The van der Waals surface area contributed by atoms with Gasteiger partial charge in [0.15, 0.2) is 0 Å². The SMILES string of the molecule is Cc1ccc(F)c(-c2ncn(CCN(C)C)c2-c2ccc3c(c2)n(C)c(=O)n3C)c1. The van der Waals surface area contributed by atoms with E-state index >= 15 is 0 Å². The Morgan fingerprint density at radius 1 is 1.03 bits per heavy atom. The molecule has 0 unspecified atom stereocenters. The van der Waals surface area contributed by atoms with Crippen LogP contribution in [0.5, 0.6) is 0 Å². The van der Waals surface area contributed by atoms with Crippen LogP contribution in [-0.2, 0) is 20.6 Å². The minimum absolute atomic E-state index is 0.0757. The van der Waals surface area contributed by atoms with Crippen LogP contribution in [0, 0.1) is 12.7 Å². The summed E-state index contributed by atoms with van der Waals surface area (Å²) in [5.41, 5.74) is 5.42. The van der Waals surface area contributed by atoms with Crippen molar-refractivity contribution in [3.63, 3.8) is 0 Å². The molecular formula is C23H26FN5O. The van der Waals surface area contributed by atoms with Crippen LogP contribution in [0.1, 0.15) is 5.56 Å². The Kier molecular flexibility index (Phi) is 5.07. The molecule has 2 aromatic carbocycles. The van der Waals surface area contributed by atoms with Crippen molar-refractivity contribution in [3.05, 3.63) is 64.6 Å². The van der Waals surface area contributed by atoms with Crippen LogP contribution in [0.2, 0.25) is 0 Å². The van der Waals surface area contributed by atoms with Gasteiger partial charge in [-0.1, -0.05) is 17.7 Å². The van der Waals surface area contributed by atoms with Gasteiger partial charge in [-0.15, -0.1) is 0 Å². The molecule has 0 aliphatic carbocycles. The predicted molar refractivity (Wildman–Crippen MR) is 118 cm³/mol. The fraction of sp³-hybridized carbons (Fsp3) is 0.304. The van der Waals surface area contributed by atoms with Crippen LogP contribution in [0.3, 0.4) is 0 Å². The normalized spacial score (nSPS) is 11.7. The largest absolute Gasteiger partial charge is 0.329 e. The highest BCUT2D eigenvalue weighted by Gasteiger charge is 2.19. The summed E-state index contributed by atoms with van der Waals surface area (Å²) in [6.45, 7) is 3.48. The molecule has 2 heterocycles. The van der Waals surface area contributed by atoms with Crippen molar-refractivity contribution in [2.75, 3.05) is 20.6 Å². The van der Waals surface area contributed by atoms with Crippen molar-refractivity contribution in [1.82, 2.24) is 23.6 Å². The smallest absolute Gasteiger partial charge is 0.328 e. The zero-order valence-electron chi connectivity index (χ0n) is 18.0. The molecule has 4 aromatic rings. The van der Waals surface area contributed by atoms with Gasteiger partial charge in [0.25, 0.3) is 0 Å². The quantitative estimate of drug-likeness (QED) is 0.509. The molecule has 0 N–H and O–H groups in total. The summed E-state index contributed by atoms with van der Waals surface area (Å²) in [4.78, 5) is 19.1. The van der Waals surface area contributed by atoms with Crippen LogP contribution in [-0.4, -0.2) is 44.2 Å². The molecule has 0 saturated carbocycles. The fourth-order valence-corrected chi connectivity index (χ4v) is 3.83. The van der Waals surface area contributed by atoms with E-state index in [9.17, 15) is 9.18 Å². The number of imidazole rings is 2. The zero-order valence-corrected chi connectivity index (χ0v) is 18.0. The molecule has 6 nitrogen and oxygen atoms in total. The summed E-state index contributed by atoms with van der Waals surface area (Å²) >= 11 is 0. The second-order valence-electron chi connectivity index (χ2n) is 8.03. The molecular weight excluding hydrogens is 381 g/mol. The second-order valence-corrected chi connectivity index (χ2v) is 8.03.